The monoisotopic (exact) mass is 400 g/mol. The van der Waals surface area contributed by atoms with E-state index in [9.17, 15) is 4.79 Å². The fraction of sp³-hybridized carbons (Fsp3) is 0.526. The number of rotatable bonds is 5. The second kappa shape index (κ2) is 6.79. The molecule has 3 heterocycles. The second-order valence-corrected chi connectivity index (χ2v) is 8.47. The Hall–Kier alpha value is -2.57. The van der Waals surface area contributed by atoms with Crippen LogP contribution in [0.4, 0.5) is 0 Å². The Morgan fingerprint density at radius 1 is 1.36 bits per heavy atom. The maximum atomic E-state index is 12.3. The van der Waals surface area contributed by atoms with Crippen LogP contribution in [0.1, 0.15) is 32.8 Å². The van der Waals surface area contributed by atoms with Crippen molar-refractivity contribution >= 4 is 28.3 Å². The third-order valence-electron chi connectivity index (χ3n) is 5.52. The molecule has 1 amide bonds. The lowest BCUT2D eigenvalue weighted by molar-refractivity contribution is -0.141. The van der Waals surface area contributed by atoms with Crippen molar-refractivity contribution in [2.45, 2.75) is 38.8 Å². The van der Waals surface area contributed by atoms with Crippen LogP contribution in [0.25, 0.3) is 21.2 Å². The molecule has 0 spiro atoms. The molecular weight excluding hydrogens is 380 g/mol. The number of aromatic nitrogens is 2. The Morgan fingerprint density at radius 2 is 2.07 bits per heavy atom. The molecular formula is C19H21ClN6O2. The van der Waals surface area contributed by atoms with Gasteiger partial charge in [-0.3, -0.25) is 4.79 Å². The predicted octanol–water partition coefficient (Wildman–Crippen LogP) is 4.07. The Morgan fingerprint density at radius 3 is 2.71 bits per heavy atom. The van der Waals surface area contributed by atoms with Crippen LogP contribution in [0.2, 0.25) is 5.15 Å². The number of amides is 1. The van der Waals surface area contributed by atoms with Crippen molar-refractivity contribution in [2.75, 3.05) is 13.1 Å². The number of fused-ring (bicyclic) bond motifs is 1. The number of likely N-dealkylation sites (tertiary alicyclic amines) is 1. The predicted molar refractivity (Wildman–Crippen MR) is 105 cm³/mol. The van der Waals surface area contributed by atoms with E-state index in [1.807, 2.05) is 18.7 Å². The molecule has 0 N–H and O–H groups in total. The van der Waals surface area contributed by atoms with Crippen molar-refractivity contribution in [3.63, 3.8) is 0 Å². The lowest BCUT2D eigenvalue weighted by atomic mass is 9.93. The van der Waals surface area contributed by atoms with Gasteiger partial charge in [0.05, 0.1) is 24.0 Å². The van der Waals surface area contributed by atoms with Crippen LogP contribution in [0.3, 0.4) is 0 Å². The van der Waals surface area contributed by atoms with Gasteiger partial charge in [0.25, 0.3) is 0 Å². The Kier molecular flexibility index (Phi) is 4.56. The normalized spacial score (nSPS) is 21.8. The van der Waals surface area contributed by atoms with E-state index in [-0.39, 0.29) is 17.9 Å². The number of azide groups is 1. The first-order valence-electron chi connectivity index (χ1n) is 9.26. The summed E-state index contributed by atoms with van der Waals surface area (Å²) in [7, 11) is 0. The van der Waals surface area contributed by atoms with Crippen LogP contribution >= 0.6 is 11.6 Å². The number of nitrogens with zero attached hydrogens (tertiary/aromatic N) is 6. The third kappa shape index (κ3) is 3.34. The van der Waals surface area contributed by atoms with Gasteiger partial charge in [-0.1, -0.05) is 37.5 Å². The minimum Gasteiger partial charge on any atom is -0.470 e. The molecule has 2 fully saturated rings. The molecule has 2 aromatic heterocycles. The van der Waals surface area contributed by atoms with Gasteiger partial charge >= 0.3 is 0 Å². The van der Waals surface area contributed by atoms with Crippen molar-refractivity contribution in [3.8, 4) is 5.88 Å². The summed E-state index contributed by atoms with van der Waals surface area (Å²) in [6.45, 7) is 6.86. The average Bonchev–Trinajstić information content (AvgIpc) is 3.33. The maximum absolute atomic E-state index is 12.3. The Bertz CT molecular complexity index is 997. The fourth-order valence-corrected chi connectivity index (χ4v) is 3.74. The molecule has 1 saturated heterocycles. The summed E-state index contributed by atoms with van der Waals surface area (Å²) >= 11 is 6.10. The Labute approximate surface area is 167 Å². The molecule has 2 atom stereocenters. The summed E-state index contributed by atoms with van der Waals surface area (Å²) in [5.41, 5.74) is 8.81. The summed E-state index contributed by atoms with van der Waals surface area (Å²) in [6, 6.07) is 1.72. The average molecular weight is 401 g/mol. The van der Waals surface area contributed by atoms with Crippen LogP contribution in [0.5, 0.6) is 5.88 Å². The van der Waals surface area contributed by atoms with E-state index in [2.05, 4.69) is 26.9 Å². The van der Waals surface area contributed by atoms with Gasteiger partial charge in [0.1, 0.15) is 11.3 Å². The van der Waals surface area contributed by atoms with Gasteiger partial charge in [-0.25, -0.2) is 9.97 Å². The molecule has 146 valence electrons. The second-order valence-electron chi connectivity index (χ2n) is 8.08. The summed E-state index contributed by atoms with van der Waals surface area (Å²) < 4.78 is 6.05. The van der Waals surface area contributed by atoms with Crippen molar-refractivity contribution in [3.05, 3.63) is 39.6 Å². The number of ether oxygens (including phenoxy) is 1. The quantitative estimate of drug-likeness (QED) is 0.326. The van der Waals surface area contributed by atoms with E-state index in [4.69, 9.17) is 21.9 Å². The number of hydrogen-bond acceptors (Lipinski definition) is 5. The van der Waals surface area contributed by atoms with Crippen LogP contribution in [-0.2, 0) is 10.3 Å². The molecule has 8 nitrogen and oxygen atoms in total. The van der Waals surface area contributed by atoms with Gasteiger partial charge in [0.2, 0.25) is 11.8 Å². The first kappa shape index (κ1) is 18.8. The molecule has 0 unspecified atom stereocenters. The van der Waals surface area contributed by atoms with Crippen LogP contribution in [0, 0.1) is 11.8 Å². The molecule has 28 heavy (non-hydrogen) atoms. The zero-order valence-electron chi connectivity index (χ0n) is 16.0. The number of hydrogen-bond donors (Lipinski definition) is 0. The molecule has 2 aliphatic rings. The van der Waals surface area contributed by atoms with E-state index in [0.29, 0.717) is 35.4 Å². The van der Waals surface area contributed by atoms with E-state index in [1.54, 1.807) is 18.5 Å². The summed E-state index contributed by atoms with van der Waals surface area (Å²) in [5.74, 6) is 1.36. The highest BCUT2D eigenvalue weighted by atomic mass is 35.5. The zero-order chi connectivity index (χ0) is 20.1. The fourth-order valence-electron chi connectivity index (χ4n) is 3.58. The number of carbonyl (C=O) groups excluding carboxylic acids is 1. The van der Waals surface area contributed by atoms with Gasteiger partial charge in [-0.05, 0) is 34.9 Å². The first-order chi connectivity index (χ1) is 13.3. The molecule has 1 aliphatic heterocycles. The minimum absolute atomic E-state index is 0.0969. The standard InChI is InChI=1S/C19H21ClN6O2/c1-10-4-12(10)18(27)26-8-11(9-26)28-17-14-6-22-16(20)5-13(14)15(7-23-17)19(2,3)24-25-21/h5-7,10-12H,4,8-9H2,1-3H3/t10-,12+/m1/s1. The van der Waals surface area contributed by atoms with Gasteiger partial charge < -0.3 is 9.64 Å². The highest BCUT2D eigenvalue weighted by molar-refractivity contribution is 6.30. The minimum atomic E-state index is -0.802. The molecule has 1 saturated carbocycles. The van der Waals surface area contributed by atoms with Crippen LogP contribution < -0.4 is 4.74 Å². The molecule has 4 rings (SSSR count). The number of pyridine rings is 2. The highest BCUT2D eigenvalue weighted by Crippen LogP contribution is 2.40. The number of halogens is 1. The lowest BCUT2D eigenvalue weighted by Crippen LogP contribution is -2.56. The van der Waals surface area contributed by atoms with Gasteiger partial charge in [-0.2, -0.15) is 0 Å². The summed E-state index contributed by atoms with van der Waals surface area (Å²) in [6.07, 6.45) is 4.15. The number of carbonyl (C=O) groups is 1. The van der Waals surface area contributed by atoms with Crippen molar-refractivity contribution in [2.24, 2.45) is 17.0 Å². The SMILES string of the molecule is C[C@@H]1C[C@@H]1C(=O)N1CC(Oc2ncc(C(C)(C)N=[N+]=[N-])c3cc(Cl)ncc23)C1. The Balaban J connectivity index is 1.57. The van der Waals surface area contributed by atoms with E-state index < -0.39 is 5.54 Å². The van der Waals surface area contributed by atoms with E-state index in [1.165, 1.54) is 0 Å². The highest BCUT2D eigenvalue weighted by Gasteiger charge is 2.45. The molecule has 9 heteroatoms. The van der Waals surface area contributed by atoms with Crippen LogP contribution in [-0.4, -0.2) is 40.0 Å². The van der Waals surface area contributed by atoms with Gasteiger partial charge in [0.15, 0.2) is 0 Å². The largest absolute Gasteiger partial charge is 0.470 e. The van der Waals surface area contributed by atoms with Crippen LogP contribution in [0.15, 0.2) is 23.6 Å². The van der Waals surface area contributed by atoms with E-state index >= 15 is 0 Å². The smallest absolute Gasteiger partial charge is 0.226 e. The van der Waals surface area contributed by atoms with Gasteiger partial charge in [-0.15, -0.1) is 0 Å². The first-order valence-corrected chi connectivity index (χ1v) is 9.64. The molecule has 0 radical (unpaired) electrons. The zero-order valence-corrected chi connectivity index (χ0v) is 16.7. The lowest BCUT2D eigenvalue weighted by Gasteiger charge is -2.39. The maximum Gasteiger partial charge on any atom is 0.226 e. The molecule has 0 aromatic carbocycles. The van der Waals surface area contributed by atoms with Crippen molar-refractivity contribution in [1.82, 2.24) is 14.9 Å². The molecule has 1 aliphatic carbocycles. The van der Waals surface area contributed by atoms with Crippen molar-refractivity contribution in [1.29, 1.82) is 0 Å². The van der Waals surface area contributed by atoms with E-state index in [0.717, 1.165) is 17.4 Å². The third-order valence-corrected chi connectivity index (χ3v) is 5.73. The van der Waals surface area contributed by atoms with Gasteiger partial charge in [0, 0.05) is 23.2 Å². The summed E-state index contributed by atoms with van der Waals surface area (Å²) in [5, 5.41) is 5.69. The van der Waals surface area contributed by atoms with Crippen molar-refractivity contribution < 1.29 is 9.53 Å². The summed E-state index contributed by atoms with van der Waals surface area (Å²) in [4.78, 5) is 25.6. The molecule has 0 bridgehead atoms. The topological polar surface area (TPSA) is 104 Å². The molecule has 2 aromatic rings.